The van der Waals surface area contributed by atoms with Crippen LogP contribution in [0, 0.1) is 0 Å². The molecule has 0 fully saturated rings. The van der Waals surface area contributed by atoms with Crippen LogP contribution in [0.1, 0.15) is 18.0 Å². The van der Waals surface area contributed by atoms with E-state index in [1.165, 1.54) is 24.3 Å². The van der Waals surface area contributed by atoms with E-state index in [0.29, 0.717) is 24.3 Å². The zero-order valence-electron chi connectivity index (χ0n) is 12.8. The SMILES string of the molecule is O=C(O)NC1CCOc2cc(-c3ccc(OC(F)(F)F)cc3)ccc21. The summed E-state index contributed by atoms with van der Waals surface area (Å²) in [5.74, 6) is 0.259. The van der Waals surface area contributed by atoms with Gasteiger partial charge in [0.1, 0.15) is 11.5 Å². The molecule has 0 saturated heterocycles. The molecule has 1 atom stereocenters. The molecule has 5 nitrogen and oxygen atoms in total. The van der Waals surface area contributed by atoms with Crippen molar-refractivity contribution in [2.24, 2.45) is 0 Å². The van der Waals surface area contributed by atoms with Gasteiger partial charge in [-0.2, -0.15) is 0 Å². The Balaban J connectivity index is 1.83. The average molecular weight is 353 g/mol. The van der Waals surface area contributed by atoms with Gasteiger partial charge in [-0.3, -0.25) is 0 Å². The number of nitrogens with one attached hydrogen (secondary N) is 1. The summed E-state index contributed by atoms with van der Waals surface area (Å²) in [4.78, 5) is 10.9. The maximum Gasteiger partial charge on any atom is 0.573 e. The number of carbonyl (C=O) groups is 1. The van der Waals surface area contributed by atoms with Crippen LogP contribution in [0.2, 0.25) is 0 Å². The van der Waals surface area contributed by atoms with E-state index in [9.17, 15) is 18.0 Å². The van der Waals surface area contributed by atoms with Crippen molar-refractivity contribution in [3.63, 3.8) is 0 Å². The molecule has 1 aliphatic heterocycles. The highest BCUT2D eigenvalue weighted by molar-refractivity contribution is 5.69. The Kier molecular flexibility index (Phi) is 4.43. The highest BCUT2D eigenvalue weighted by Crippen LogP contribution is 2.36. The van der Waals surface area contributed by atoms with Gasteiger partial charge in [0.05, 0.1) is 12.6 Å². The summed E-state index contributed by atoms with van der Waals surface area (Å²) in [7, 11) is 0. The van der Waals surface area contributed by atoms with E-state index in [1.54, 1.807) is 18.2 Å². The topological polar surface area (TPSA) is 67.8 Å². The fourth-order valence-corrected chi connectivity index (χ4v) is 2.72. The molecule has 0 radical (unpaired) electrons. The molecule has 1 unspecified atom stereocenters. The van der Waals surface area contributed by atoms with Crippen molar-refractivity contribution in [2.75, 3.05) is 6.61 Å². The van der Waals surface area contributed by atoms with Crippen molar-refractivity contribution >= 4 is 6.09 Å². The summed E-state index contributed by atoms with van der Waals surface area (Å²) >= 11 is 0. The van der Waals surface area contributed by atoms with Gasteiger partial charge in [0, 0.05) is 12.0 Å². The fraction of sp³-hybridized carbons (Fsp3) is 0.235. The smallest absolute Gasteiger partial charge is 0.493 e. The second kappa shape index (κ2) is 6.54. The van der Waals surface area contributed by atoms with Gasteiger partial charge < -0.3 is 19.9 Å². The third-order valence-electron chi connectivity index (χ3n) is 3.77. The number of hydrogen-bond acceptors (Lipinski definition) is 3. The van der Waals surface area contributed by atoms with E-state index in [-0.39, 0.29) is 11.8 Å². The lowest BCUT2D eigenvalue weighted by Gasteiger charge is -2.26. The molecule has 0 saturated carbocycles. The molecule has 1 aliphatic rings. The van der Waals surface area contributed by atoms with E-state index < -0.39 is 12.5 Å². The van der Waals surface area contributed by atoms with Gasteiger partial charge in [-0.25, -0.2) is 4.79 Å². The highest BCUT2D eigenvalue weighted by Gasteiger charge is 2.31. The predicted octanol–water partition coefficient (Wildman–Crippen LogP) is 4.34. The zero-order valence-corrected chi connectivity index (χ0v) is 12.8. The first-order valence-electron chi connectivity index (χ1n) is 7.44. The van der Waals surface area contributed by atoms with Crippen LogP contribution in [-0.2, 0) is 0 Å². The standard InChI is InChI=1S/C17H14F3NO4/c18-17(19,20)25-12-4-1-10(2-5-12)11-3-6-13-14(21-16(22)23)7-8-24-15(13)9-11/h1-6,9,14,21H,7-8H2,(H,22,23). The molecule has 0 spiro atoms. The maximum absolute atomic E-state index is 12.2. The number of alkyl halides is 3. The lowest BCUT2D eigenvalue weighted by atomic mass is 9.96. The minimum Gasteiger partial charge on any atom is -0.493 e. The van der Waals surface area contributed by atoms with Gasteiger partial charge >= 0.3 is 12.5 Å². The summed E-state index contributed by atoms with van der Waals surface area (Å²) in [6, 6.07) is 10.4. The number of fused-ring (bicyclic) bond motifs is 1. The molecule has 2 aromatic rings. The number of halogens is 3. The van der Waals surface area contributed by atoms with Crippen LogP contribution in [-0.4, -0.2) is 24.2 Å². The Bertz CT molecular complexity index is 774. The van der Waals surface area contributed by atoms with Crippen molar-refractivity contribution in [1.82, 2.24) is 5.32 Å². The third-order valence-corrected chi connectivity index (χ3v) is 3.77. The quantitative estimate of drug-likeness (QED) is 0.861. The summed E-state index contributed by atoms with van der Waals surface area (Å²) in [5, 5.41) is 11.3. The number of benzene rings is 2. The molecule has 2 aromatic carbocycles. The molecule has 0 aliphatic carbocycles. The first kappa shape index (κ1) is 16.9. The van der Waals surface area contributed by atoms with Crippen molar-refractivity contribution in [2.45, 2.75) is 18.8 Å². The van der Waals surface area contributed by atoms with Gasteiger partial charge in [0.25, 0.3) is 0 Å². The van der Waals surface area contributed by atoms with E-state index in [1.807, 2.05) is 0 Å². The van der Waals surface area contributed by atoms with Crippen LogP contribution < -0.4 is 14.8 Å². The average Bonchev–Trinajstić information content (AvgIpc) is 2.53. The summed E-state index contributed by atoms with van der Waals surface area (Å²) in [6.07, 6.45) is -5.31. The molecule has 1 heterocycles. The van der Waals surface area contributed by atoms with Gasteiger partial charge in [-0.15, -0.1) is 13.2 Å². The summed E-state index contributed by atoms with van der Waals surface area (Å²) in [6.45, 7) is 0.375. The van der Waals surface area contributed by atoms with Gasteiger partial charge in [-0.05, 0) is 29.3 Å². The second-order valence-electron chi connectivity index (χ2n) is 5.46. The van der Waals surface area contributed by atoms with Crippen molar-refractivity contribution in [1.29, 1.82) is 0 Å². The van der Waals surface area contributed by atoms with E-state index >= 15 is 0 Å². The number of carboxylic acid groups (broad SMARTS) is 1. The lowest BCUT2D eigenvalue weighted by molar-refractivity contribution is -0.274. The molecule has 3 rings (SSSR count). The molecule has 1 amide bonds. The van der Waals surface area contributed by atoms with Crippen LogP contribution in [0.4, 0.5) is 18.0 Å². The monoisotopic (exact) mass is 353 g/mol. The van der Waals surface area contributed by atoms with Gasteiger partial charge in [0.15, 0.2) is 0 Å². The Labute approximate surface area is 141 Å². The van der Waals surface area contributed by atoms with E-state index in [4.69, 9.17) is 9.84 Å². The third kappa shape index (κ3) is 4.14. The molecule has 0 aromatic heterocycles. The van der Waals surface area contributed by atoms with Crippen molar-refractivity contribution < 1.29 is 32.5 Å². The highest BCUT2D eigenvalue weighted by atomic mass is 19.4. The predicted molar refractivity (Wildman–Crippen MR) is 82.6 cm³/mol. The first-order chi connectivity index (χ1) is 11.8. The van der Waals surface area contributed by atoms with Crippen LogP contribution in [0.5, 0.6) is 11.5 Å². The van der Waals surface area contributed by atoms with Crippen LogP contribution in [0.3, 0.4) is 0 Å². The minimum absolute atomic E-state index is 0.295. The molecular weight excluding hydrogens is 339 g/mol. The van der Waals surface area contributed by atoms with Gasteiger partial charge in [-0.1, -0.05) is 24.3 Å². The zero-order chi connectivity index (χ0) is 18.0. The fourth-order valence-electron chi connectivity index (χ4n) is 2.72. The molecule has 25 heavy (non-hydrogen) atoms. The number of amides is 1. The van der Waals surface area contributed by atoms with Crippen LogP contribution in [0.25, 0.3) is 11.1 Å². The van der Waals surface area contributed by atoms with Crippen LogP contribution >= 0.6 is 0 Å². The molecule has 2 N–H and O–H groups in total. The molecule has 8 heteroatoms. The number of rotatable bonds is 3. The summed E-state index contributed by atoms with van der Waals surface area (Å²) < 4.78 is 46.0. The Morgan fingerprint density at radius 1 is 1.16 bits per heavy atom. The van der Waals surface area contributed by atoms with Crippen LogP contribution in [0.15, 0.2) is 42.5 Å². The van der Waals surface area contributed by atoms with Crippen molar-refractivity contribution in [3.05, 3.63) is 48.0 Å². The minimum atomic E-state index is -4.73. The molecular formula is C17H14F3NO4. The summed E-state index contributed by atoms with van der Waals surface area (Å²) in [5.41, 5.74) is 2.16. The molecule has 0 bridgehead atoms. The van der Waals surface area contributed by atoms with Gasteiger partial charge in [0.2, 0.25) is 0 Å². The normalized spacial score (nSPS) is 16.5. The Hall–Kier alpha value is -2.90. The largest absolute Gasteiger partial charge is 0.573 e. The lowest BCUT2D eigenvalue weighted by Crippen LogP contribution is -2.30. The second-order valence-corrected chi connectivity index (χ2v) is 5.46. The van der Waals surface area contributed by atoms with Crippen molar-refractivity contribution in [3.8, 4) is 22.6 Å². The Morgan fingerprint density at radius 3 is 2.48 bits per heavy atom. The number of ether oxygens (including phenoxy) is 2. The number of hydrogen-bond donors (Lipinski definition) is 2. The Morgan fingerprint density at radius 2 is 1.84 bits per heavy atom. The van der Waals surface area contributed by atoms with E-state index in [0.717, 1.165) is 11.1 Å². The molecule has 132 valence electrons. The van der Waals surface area contributed by atoms with E-state index in [2.05, 4.69) is 10.1 Å². The first-order valence-corrected chi connectivity index (χ1v) is 7.44. The maximum atomic E-state index is 12.2.